The number of carbonyl (C=O) groups is 1. The van der Waals surface area contributed by atoms with Crippen molar-refractivity contribution in [2.45, 2.75) is 39.7 Å². The number of ketones is 1. The fraction of sp³-hybridized carbons (Fsp3) is 0.500. The Morgan fingerprint density at radius 2 is 2.00 bits per heavy atom. The normalized spacial score (nSPS) is 14.2. The highest BCUT2D eigenvalue weighted by atomic mass is 16.5. The Morgan fingerprint density at radius 3 is 2.47 bits per heavy atom. The number of hydrogen-bond donors (Lipinski definition) is 1. The third-order valence-electron chi connectivity index (χ3n) is 3.07. The summed E-state index contributed by atoms with van der Waals surface area (Å²) in [6.07, 6.45) is 0.377. The molecule has 0 radical (unpaired) electrons. The standard InChI is InChI=1S/C14H20O3/c1-6-14(4,16)13(15)12-10(3)7-9(2)8-11(12)17-5/h7-8,16H,6H2,1-5H3. The molecule has 1 aromatic carbocycles. The average molecular weight is 236 g/mol. The first kappa shape index (κ1) is 13.7. The second-order valence-electron chi connectivity index (χ2n) is 4.62. The van der Waals surface area contributed by atoms with Crippen LogP contribution in [-0.2, 0) is 0 Å². The SMILES string of the molecule is CCC(C)(O)C(=O)c1c(C)cc(C)cc1OC. The number of rotatable bonds is 4. The number of benzene rings is 1. The summed E-state index contributed by atoms with van der Waals surface area (Å²) < 4.78 is 5.24. The molecule has 1 unspecified atom stereocenters. The molecule has 0 fully saturated rings. The first-order valence-corrected chi connectivity index (χ1v) is 5.76. The number of hydrogen-bond acceptors (Lipinski definition) is 3. The second-order valence-corrected chi connectivity index (χ2v) is 4.62. The van der Waals surface area contributed by atoms with Crippen LogP contribution in [0.1, 0.15) is 41.8 Å². The van der Waals surface area contributed by atoms with Crippen LogP contribution in [0.25, 0.3) is 0 Å². The van der Waals surface area contributed by atoms with Gasteiger partial charge >= 0.3 is 0 Å². The Kier molecular flexibility index (Phi) is 3.94. The topological polar surface area (TPSA) is 46.5 Å². The lowest BCUT2D eigenvalue weighted by molar-refractivity contribution is 0.0387. The Morgan fingerprint density at radius 1 is 1.41 bits per heavy atom. The minimum Gasteiger partial charge on any atom is -0.496 e. The zero-order chi connectivity index (χ0) is 13.2. The minimum absolute atomic E-state index is 0.283. The van der Waals surface area contributed by atoms with Crippen molar-refractivity contribution in [3.8, 4) is 5.75 Å². The van der Waals surface area contributed by atoms with E-state index in [2.05, 4.69) is 0 Å². The molecule has 94 valence electrons. The molecule has 0 spiro atoms. The number of ether oxygens (including phenoxy) is 1. The molecular weight excluding hydrogens is 216 g/mol. The van der Waals surface area contributed by atoms with E-state index in [0.717, 1.165) is 11.1 Å². The summed E-state index contributed by atoms with van der Waals surface area (Å²) >= 11 is 0. The summed E-state index contributed by atoms with van der Waals surface area (Å²) in [5.74, 6) is 0.246. The van der Waals surface area contributed by atoms with Gasteiger partial charge in [-0.05, 0) is 44.4 Å². The highest BCUT2D eigenvalue weighted by Crippen LogP contribution is 2.29. The number of Topliss-reactive ketones (excluding diaryl/α,β-unsaturated/α-hetero) is 1. The van der Waals surface area contributed by atoms with E-state index in [1.165, 1.54) is 14.0 Å². The molecule has 0 saturated heterocycles. The van der Waals surface area contributed by atoms with Crippen LogP contribution in [0.2, 0.25) is 0 Å². The maximum Gasteiger partial charge on any atom is 0.198 e. The Balaban J connectivity index is 3.36. The van der Waals surface area contributed by atoms with Gasteiger partial charge in [0.2, 0.25) is 0 Å². The van der Waals surface area contributed by atoms with Gasteiger partial charge in [0.05, 0.1) is 12.7 Å². The van der Waals surface area contributed by atoms with E-state index in [9.17, 15) is 9.90 Å². The molecule has 0 bridgehead atoms. The van der Waals surface area contributed by atoms with E-state index >= 15 is 0 Å². The maximum atomic E-state index is 12.3. The molecular formula is C14H20O3. The van der Waals surface area contributed by atoms with Crippen molar-refractivity contribution >= 4 is 5.78 Å². The van der Waals surface area contributed by atoms with Crippen molar-refractivity contribution in [2.24, 2.45) is 0 Å². The van der Waals surface area contributed by atoms with Crippen LogP contribution in [0, 0.1) is 13.8 Å². The van der Waals surface area contributed by atoms with Gasteiger partial charge in [0.25, 0.3) is 0 Å². The largest absolute Gasteiger partial charge is 0.496 e. The van der Waals surface area contributed by atoms with Crippen molar-refractivity contribution in [3.63, 3.8) is 0 Å². The van der Waals surface area contributed by atoms with Crippen molar-refractivity contribution in [1.29, 1.82) is 0 Å². The summed E-state index contributed by atoms with van der Waals surface area (Å²) in [7, 11) is 1.53. The highest BCUT2D eigenvalue weighted by molar-refractivity contribution is 6.05. The molecule has 1 atom stereocenters. The van der Waals surface area contributed by atoms with Gasteiger partial charge in [0.15, 0.2) is 5.78 Å². The van der Waals surface area contributed by atoms with Gasteiger partial charge < -0.3 is 9.84 Å². The van der Waals surface area contributed by atoms with Crippen molar-refractivity contribution in [2.75, 3.05) is 7.11 Å². The third-order valence-corrected chi connectivity index (χ3v) is 3.07. The smallest absolute Gasteiger partial charge is 0.198 e. The van der Waals surface area contributed by atoms with Gasteiger partial charge in [-0.3, -0.25) is 4.79 Å². The van der Waals surface area contributed by atoms with E-state index in [1.807, 2.05) is 26.0 Å². The first-order chi connectivity index (χ1) is 7.83. The van der Waals surface area contributed by atoms with Crippen LogP contribution in [0.3, 0.4) is 0 Å². The summed E-state index contributed by atoms with van der Waals surface area (Å²) in [6, 6.07) is 3.73. The van der Waals surface area contributed by atoms with E-state index in [1.54, 1.807) is 6.92 Å². The molecule has 1 rings (SSSR count). The van der Waals surface area contributed by atoms with Crippen molar-refractivity contribution < 1.29 is 14.6 Å². The van der Waals surface area contributed by atoms with Gasteiger partial charge in [-0.2, -0.15) is 0 Å². The lowest BCUT2D eigenvalue weighted by atomic mass is 9.89. The van der Waals surface area contributed by atoms with Crippen LogP contribution in [-0.4, -0.2) is 23.6 Å². The van der Waals surface area contributed by atoms with Gasteiger partial charge in [0.1, 0.15) is 11.4 Å². The van der Waals surface area contributed by atoms with Gasteiger partial charge in [-0.15, -0.1) is 0 Å². The summed E-state index contributed by atoms with van der Waals surface area (Å²) in [4.78, 5) is 12.3. The molecule has 0 aliphatic heterocycles. The predicted octanol–water partition coefficient (Wildman–Crippen LogP) is 2.66. The Hall–Kier alpha value is -1.35. The fourth-order valence-corrected chi connectivity index (χ4v) is 1.81. The van der Waals surface area contributed by atoms with E-state index in [-0.39, 0.29) is 5.78 Å². The molecule has 1 aromatic rings. The quantitative estimate of drug-likeness (QED) is 0.817. The third kappa shape index (κ3) is 2.67. The average Bonchev–Trinajstić information content (AvgIpc) is 2.27. The van der Waals surface area contributed by atoms with Gasteiger partial charge in [0, 0.05) is 0 Å². The number of aryl methyl sites for hydroxylation is 2. The molecule has 17 heavy (non-hydrogen) atoms. The van der Waals surface area contributed by atoms with Gasteiger partial charge in [-0.1, -0.05) is 13.0 Å². The Labute approximate surface area is 102 Å². The second kappa shape index (κ2) is 4.88. The molecule has 1 N–H and O–H groups in total. The number of aliphatic hydroxyl groups is 1. The fourth-order valence-electron chi connectivity index (χ4n) is 1.81. The van der Waals surface area contributed by atoms with Crippen LogP contribution < -0.4 is 4.74 Å². The van der Waals surface area contributed by atoms with Crippen molar-refractivity contribution in [3.05, 3.63) is 28.8 Å². The van der Waals surface area contributed by atoms with E-state index in [0.29, 0.717) is 17.7 Å². The molecule has 3 heteroatoms. The lowest BCUT2D eigenvalue weighted by Crippen LogP contribution is -2.35. The summed E-state index contributed by atoms with van der Waals surface area (Å²) in [6.45, 7) is 7.12. The van der Waals surface area contributed by atoms with Crippen LogP contribution >= 0.6 is 0 Å². The van der Waals surface area contributed by atoms with Crippen molar-refractivity contribution in [1.82, 2.24) is 0 Å². The number of methoxy groups -OCH3 is 1. The van der Waals surface area contributed by atoms with Crippen LogP contribution in [0.4, 0.5) is 0 Å². The molecule has 0 saturated carbocycles. The molecule has 0 aromatic heterocycles. The predicted molar refractivity (Wildman–Crippen MR) is 67.7 cm³/mol. The molecule has 3 nitrogen and oxygen atoms in total. The molecule has 0 heterocycles. The van der Waals surface area contributed by atoms with Crippen LogP contribution in [0.5, 0.6) is 5.75 Å². The first-order valence-electron chi connectivity index (χ1n) is 5.76. The summed E-state index contributed by atoms with van der Waals surface area (Å²) in [5.41, 5.74) is 1.00. The monoisotopic (exact) mass is 236 g/mol. The Bertz CT molecular complexity index is 433. The molecule has 0 amide bonds. The van der Waals surface area contributed by atoms with Gasteiger partial charge in [-0.25, -0.2) is 0 Å². The highest BCUT2D eigenvalue weighted by Gasteiger charge is 2.32. The zero-order valence-electron chi connectivity index (χ0n) is 11.1. The number of carbonyl (C=O) groups excluding carboxylic acids is 1. The maximum absolute atomic E-state index is 12.3. The minimum atomic E-state index is -1.34. The van der Waals surface area contributed by atoms with E-state index in [4.69, 9.17) is 4.74 Å². The lowest BCUT2D eigenvalue weighted by Gasteiger charge is -2.22. The molecule has 0 aliphatic carbocycles. The van der Waals surface area contributed by atoms with Crippen LogP contribution in [0.15, 0.2) is 12.1 Å². The molecule has 0 aliphatic rings. The zero-order valence-corrected chi connectivity index (χ0v) is 11.1. The van der Waals surface area contributed by atoms with E-state index < -0.39 is 5.60 Å². The summed E-state index contributed by atoms with van der Waals surface area (Å²) in [5, 5.41) is 10.1.